The number of aromatic amines is 2. The molecule has 0 atom stereocenters. The molecule has 0 unspecified atom stereocenters. The molecular weight excluding hydrogens is 418 g/mol. The summed E-state index contributed by atoms with van der Waals surface area (Å²) >= 11 is 0. The van der Waals surface area contributed by atoms with E-state index in [4.69, 9.17) is 9.47 Å². The number of hydrogen-bond acceptors (Lipinski definition) is 4. The van der Waals surface area contributed by atoms with Gasteiger partial charge in [0.25, 0.3) is 5.91 Å². The third-order valence-electron chi connectivity index (χ3n) is 6.74. The van der Waals surface area contributed by atoms with Crippen LogP contribution < -0.4 is 4.74 Å². The summed E-state index contributed by atoms with van der Waals surface area (Å²) in [5.41, 5.74) is 4.64. The van der Waals surface area contributed by atoms with Crippen molar-refractivity contribution in [3.05, 3.63) is 52.5 Å². The molecule has 0 spiro atoms. The highest BCUT2D eigenvalue weighted by atomic mass is 16.5. The van der Waals surface area contributed by atoms with Gasteiger partial charge in [0, 0.05) is 35.2 Å². The van der Waals surface area contributed by atoms with Gasteiger partial charge in [0.15, 0.2) is 0 Å². The van der Waals surface area contributed by atoms with E-state index in [9.17, 15) is 9.59 Å². The van der Waals surface area contributed by atoms with E-state index in [2.05, 4.69) is 9.97 Å². The lowest BCUT2D eigenvalue weighted by Gasteiger charge is -2.34. The number of nitrogens with zero attached hydrogens (tertiary/aromatic N) is 1. The van der Waals surface area contributed by atoms with Crippen LogP contribution >= 0.6 is 0 Å². The number of carbonyl (C=O) groups excluding carboxylic acids is 2. The number of aryl methyl sites for hydroxylation is 1. The maximum absolute atomic E-state index is 13.8. The Morgan fingerprint density at radius 3 is 2.55 bits per heavy atom. The van der Waals surface area contributed by atoms with Crippen LogP contribution in [-0.4, -0.2) is 46.5 Å². The Labute approximate surface area is 194 Å². The zero-order chi connectivity index (χ0) is 23.5. The number of aromatic nitrogens is 2. The number of hydrogen-bond donors (Lipinski definition) is 2. The third-order valence-corrected chi connectivity index (χ3v) is 6.74. The molecule has 0 aliphatic heterocycles. The van der Waals surface area contributed by atoms with Crippen LogP contribution in [0.25, 0.3) is 10.9 Å². The van der Waals surface area contributed by atoms with Crippen LogP contribution in [0, 0.1) is 13.8 Å². The molecular formula is C26H33N3O4. The fourth-order valence-electron chi connectivity index (χ4n) is 4.87. The molecule has 0 bridgehead atoms. The average Bonchev–Trinajstić information content (AvgIpc) is 3.38. The number of fused-ring (bicyclic) bond motifs is 1. The second-order valence-electron chi connectivity index (χ2n) is 8.81. The molecule has 7 heteroatoms. The van der Waals surface area contributed by atoms with Gasteiger partial charge in [-0.05, 0) is 62.9 Å². The van der Waals surface area contributed by atoms with Crippen LogP contribution in [0.15, 0.2) is 24.3 Å². The molecule has 0 radical (unpaired) electrons. The lowest BCUT2D eigenvalue weighted by molar-refractivity contribution is 0.0519. The Hall–Kier alpha value is -3.22. The van der Waals surface area contributed by atoms with Crippen molar-refractivity contribution in [3.8, 4) is 5.75 Å². The summed E-state index contributed by atoms with van der Waals surface area (Å²) in [6, 6.07) is 7.84. The summed E-state index contributed by atoms with van der Waals surface area (Å²) in [4.78, 5) is 34.6. The van der Waals surface area contributed by atoms with Crippen molar-refractivity contribution in [2.45, 2.75) is 65.5 Å². The normalized spacial score (nSPS) is 14.4. The maximum atomic E-state index is 13.8. The van der Waals surface area contributed by atoms with E-state index in [0.29, 0.717) is 24.5 Å². The fraction of sp³-hybridized carbons (Fsp3) is 0.462. The number of amides is 1. The lowest BCUT2D eigenvalue weighted by atomic mass is 9.93. The number of esters is 1. The Balaban J connectivity index is 1.68. The summed E-state index contributed by atoms with van der Waals surface area (Å²) in [6.07, 6.45) is 5.44. The summed E-state index contributed by atoms with van der Waals surface area (Å²) in [6.45, 7) is 6.44. The van der Waals surface area contributed by atoms with Crippen molar-refractivity contribution in [1.82, 2.24) is 14.9 Å². The smallest absolute Gasteiger partial charge is 0.355 e. The maximum Gasteiger partial charge on any atom is 0.355 e. The quantitative estimate of drug-likeness (QED) is 0.479. The highest BCUT2D eigenvalue weighted by Crippen LogP contribution is 2.29. The van der Waals surface area contributed by atoms with Crippen LogP contribution in [0.3, 0.4) is 0 Å². The summed E-state index contributed by atoms with van der Waals surface area (Å²) in [5, 5.41) is 0.973. The minimum atomic E-state index is -0.357. The summed E-state index contributed by atoms with van der Waals surface area (Å²) < 4.78 is 10.5. The van der Waals surface area contributed by atoms with Crippen LogP contribution in [0.1, 0.15) is 76.8 Å². The Morgan fingerprint density at radius 2 is 1.85 bits per heavy atom. The van der Waals surface area contributed by atoms with Crippen molar-refractivity contribution < 1.29 is 19.1 Å². The van der Waals surface area contributed by atoms with E-state index in [0.717, 1.165) is 59.2 Å². The fourth-order valence-corrected chi connectivity index (χ4v) is 4.87. The summed E-state index contributed by atoms with van der Waals surface area (Å²) in [5.74, 6) is 0.372. The topological polar surface area (TPSA) is 87.4 Å². The highest BCUT2D eigenvalue weighted by Gasteiger charge is 2.30. The Bertz CT molecular complexity index is 1150. The SMILES string of the molecule is CCOC(=O)c1[nH]c(C)c(CN(C(=O)c2cc3ccc(OC)cc3[nH]2)C2CCCCC2)c1C. The van der Waals surface area contributed by atoms with Gasteiger partial charge < -0.3 is 24.3 Å². The molecule has 1 amide bonds. The molecule has 3 aromatic rings. The van der Waals surface area contributed by atoms with Crippen LogP contribution in [0.2, 0.25) is 0 Å². The monoisotopic (exact) mass is 451 g/mol. The van der Waals surface area contributed by atoms with E-state index >= 15 is 0 Å². The van der Waals surface area contributed by atoms with E-state index < -0.39 is 0 Å². The molecule has 0 saturated heterocycles. The zero-order valence-electron chi connectivity index (χ0n) is 19.9. The predicted octanol–water partition coefficient (Wildman–Crippen LogP) is 5.27. The van der Waals surface area contributed by atoms with Crippen molar-refractivity contribution in [2.75, 3.05) is 13.7 Å². The molecule has 1 aliphatic carbocycles. The minimum absolute atomic E-state index is 0.0187. The van der Waals surface area contributed by atoms with E-state index in [-0.39, 0.29) is 17.9 Å². The number of benzene rings is 1. The van der Waals surface area contributed by atoms with Gasteiger partial charge in [0.05, 0.1) is 13.7 Å². The molecule has 1 aliphatic rings. The molecule has 4 rings (SSSR count). The first-order chi connectivity index (χ1) is 15.9. The second kappa shape index (κ2) is 9.73. The second-order valence-corrected chi connectivity index (χ2v) is 8.81. The van der Waals surface area contributed by atoms with Gasteiger partial charge in [0.2, 0.25) is 0 Å². The van der Waals surface area contributed by atoms with Gasteiger partial charge in [-0.15, -0.1) is 0 Å². The van der Waals surface area contributed by atoms with E-state index in [1.807, 2.05) is 43.0 Å². The van der Waals surface area contributed by atoms with E-state index in [1.165, 1.54) is 6.42 Å². The molecule has 33 heavy (non-hydrogen) atoms. The average molecular weight is 452 g/mol. The first-order valence-electron chi connectivity index (χ1n) is 11.8. The molecule has 2 N–H and O–H groups in total. The molecule has 1 fully saturated rings. The number of H-pyrrole nitrogens is 2. The zero-order valence-corrected chi connectivity index (χ0v) is 19.9. The van der Waals surface area contributed by atoms with Crippen molar-refractivity contribution >= 4 is 22.8 Å². The van der Waals surface area contributed by atoms with Gasteiger partial charge in [-0.2, -0.15) is 0 Å². The first kappa shape index (κ1) is 23.0. The molecule has 2 heterocycles. The number of nitrogens with one attached hydrogen (secondary N) is 2. The van der Waals surface area contributed by atoms with Crippen LogP contribution in [-0.2, 0) is 11.3 Å². The first-order valence-corrected chi connectivity index (χ1v) is 11.8. The van der Waals surface area contributed by atoms with Gasteiger partial charge >= 0.3 is 5.97 Å². The van der Waals surface area contributed by atoms with Crippen LogP contribution in [0.4, 0.5) is 0 Å². The highest BCUT2D eigenvalue weighted by molar-refractivity contribution is 5.98. The van der Waals surface area contributed by atoms with Gasteiger partial charge in [-0.3, -0.25) is 4.79 Å². The summed E-state index contributed by atoms with van der Waals surface area (Å²) in [7, 11) is 1.63. The predicted molar refractivity (Wildman–Crippen MR) is 128 cm³/mol. The molecule has 2 aromatic heterocycles. The third kappa shape index (κ3) is 4.63. The number of carbonyl (C=O) groups is 2. The standard InChI is InChI=1S/C26H33N3O4/c1-5-33-26(31)24-16(2)21(17(3)27-24)15-29(19-9-7-6-8-10-19)25(30)23-13-18-11-12-20(32-4)14-22(18)28-23/h11-14,19,27-28H,5-10,15H2,1-4H3. The van der Waals surface area contributed by atoms with Crippen molar-refractivity contribution in [3.63, 3.8) is 0 Å². The molecule has 176 valence electrons. The Morgan fingerprint density at radius 1 is 1.09 bits per heavy atom. The van der Waals surface area contributed by atoms with E-state index in [1.54, 1.807) is 14.0 Å². The minimum Gasteiger partial charge on any atom is -0.497 e. The largest absolute Gasteiger partial charge is 0.497 e. The van der Waals surface area contributed by atoms with Crippen molar-refractivity contribution in [1.29, 1.82) is 0 Å². The number of methoxy groups -OCH3 is 1. The molecule has 7 nitrogen and oxygen atoms in total. The van der Waals surface area contributed by atoms with Gasteiger partial charge in [-0.25, -0.2) is 4.79 Å². The van der Waals surface area contributed by atoms with Gasteiger partial charge in [0.1, 0.15) is 17.1 Å². The lowest BCUT2D eigenvalue weighted by Crippen LogP contribution is -2.41. The molecule has 1 saturated carbocycles. The Kier molecular flexibility index (Phi) is 6.77. The number of ether oxygens (including phenoxy) is 2. The molecule has 1 aromatic carbocycles. The van der Waals surface area contributed by atoms with Crippen LogP contribution in [0.5, 0.6) is 5.75 Å². The van der Waals surface area contributed by atoms with Crippen molar-refractivity contribution in [2.24, 2.45) is 0 Å². The van der Waals surface area contributed by atoms with Gasteiger partial charge in [-0.1, -0.05) is 19.3 Å². The number of rotatable bonds is 7.